The first-order valence-corrected chi connectivity index (χ1v) is 6.44. The molecule has 0 saturated carbocycles. The summed E-state index contributed by atoms with van der Waals surface area (Å²) in [5.41, 5.74) is 1.16. The van der Waals surface area contributed by atoms with Crippen LogP contribution in [0.4, 0.5) is 5.13 Å². The van der Waals surface area contributed by atoms with Crippen LogP contribution in [0.3, 0.4) is 0 Å². The maximum Gasteiger partial charge on any atom is 0.183 e. The van der Waals surface area contributed by atoms with E-state index in [0.29, 0.717) is 0 Å². The topological polar surface area (TPSA) is 24.9 Å². The van der Waals surface area contributed by atoms with E-state index in [9.17, 15) is 0 Å². The van der Waals surface area contributed by atoms with Crippen LogP contribution in [0.2, 0.25) is 5.02 Å². The summed E-state index contributed by atoms with van der Waals surface area (Å²) in [5, 5.41) is 5.02. The molecule has 0 aliphatic rings. The zero-order valence-corrected chi connectivity index (χ0v) is 10.6. The molecule has 4 heteroatoms. The van der Waals surface area contributed by atoms with Gasteiger partial charge >= 0.3 is 0 Å². The molecule has 0 saturated heterocycles. The second-order valence-electron chi connectivity index (χ2n) is 3.46. The quantitative estimate of drug-likeness (QED) is 0.878. The summed E-state index contributed by atoms with van der Waals surface area (Å²) in [7, 11) is 0. The summed E-state index contributed by atoms with van der Waals surface area (Å²) < 4.78 is 0. The SMILES string of the molecule is CCCNc1ncc(-c2ccc(Cl)cc2)s1. The number of anilines is 1. The molecule has 84 valence electrons. The molecule has 2 aromatic rings. The van der Waals surface area contributed by atoms with E-state index in [1.807, 2.05) is 30.5 Å². The van der Waals surface area contributed by atoms with Gasteiger partial charge in [0.1, 0.15) is 0 Å². The summed E-state index contributed by atoms with van der Waals surface area (Å²) in [6.45, 7) is 3.11. The molecule has 0 bridgehead atoms. The van der Waals surface area contributed by atoms with Crippen LogP contribution < -0.4 is 5.32 Å². The minimum Gasteiger partial charge on any atom is -0.362 e. The number of rotatable bonds is 4. The Morgan fingerprint density at radius 3 is 2.75 bits per heavy atom. The Kier molecular flexibility index (Phi) is 3.80. The van der Waals surface area contributed by atoms with Crippen molar-refractivity contribution in [2.45, 2.75) is 13.3 Å². The number of aromatic nitrogens is 1. The van der Waals surface area contributed by atoms with Gasteiger partial charge in [0.2, 0.25) is 0 Å². The zero-order valence-electron chi connectivity index (χ0n) is 9.03. The first kappa shape index (κ1) is 11.4. The fraction of sp³-hybridized carbons (Fsp3) is 0.250. The van der Waals surface area contributed by atoms with Gasteiger partial charge in [-0.3, -0.25) is 0 Å². The van der Waals surface area contributed by atoms with Crippen molar-refractivity contribution in [3.05, 3.63) is 35.5 Å². The van der Waals surface area contributed by atoms with E-state index in [1.165, 1.54) is 0 Å². The maximum absolute atomic E-state index is 5.85. The number of nitrogens with one attached hydrogen (secondary N) is 1. The first-order valence-electron chi connectivity index (χ1n) is 5.25. The van der Waals surface area contributed by atoms with Crippen molar-refractivity contribution in [2.75, 3.05) is 11.9 Å². The molecule has 0 aliphatic heterocycles. The summed E-state index contributed by atoms with van der Waals surface area (Å²) in [4.78, 5) is 5.49. The third-order valence-electron chi connectivity index (χ3n) is 2.16. The Labute approximate surface area is 104 Å². The molecule has 2 nitrogen and oxygen atoms in total. The molecule has 1 N–H and O–H groups in total. The minimum absolute atomic E-state index is 0.762. The van der Waals surface area contributed by atoms with Crippen molar-refractivity contribution in [2.24, 2.45) is 0 Å². The molecule has 0 spiro atoms. The minimum atomic E-state index is 0.762. The largest absolute Gasteiger partial charge is 0.362 e. The average Bonchev–Trinajstić information content (AvgIpc) is 2.76. The number of benzene rings is 1. The van der Waals surface area contributed by atoms with Gasteiger partial charge in [0.15, 0.2) is 5.13 Å². The lowest BCUT2D eigenvalue weighted by molar-refractivity contribution is 0.976. The highest BCUT2D eigenvalue weighted by Gasteiger charge is 2.03. The van der Waals surface area contributed by atoms with Crippen LogP contribution >= 0.6 is 22.9 Å². The van der Waals surface area contributed by atoms with E-state index in [4.69, 9.17) is 11.6 Å². The van der Waals surface area contributed by atoms with E-state index < -0.39 is 0 Å². The monoisotopic (exact) mass is 252 g/mol. The lowest BCUT2D eigenvalue weighted by Gasteiger charge is -1.98. The van der Waals surface area contributed by atoms with Gasteiger partial charge in [0.05, 0.1) is 4.88 Å². The van der Waals surface area contributed by atoms with Crippen molar-refractivity contribution < 1.29 is 0 Å². The van der Waals surface area contributed by atoms with Gasteiger partial charge in [-0.15, -0.1) is 0 Å². The van der Waals surface area contributed by atoms with E-state index >= 15 is 0 Å². The lowest BCUT2D eigenvalue weighted by Crippen LogP contribution is -1.97. The number of hydrogen-bond donors (Lipinski definition) is 1. The fourth-order valence-corrected chi connectivity index (χ4v) is 2.31. The summed E-state index contributed by atoms with van der Waals surface area (Å²) >= 11 is 7.51. The maximum atomic E-state index is 5.85. The Balaban J connectivity index is 2.15. The molecule has 0 unspecified atom stereocenters. The van der Waals surface area contributed by atoms with Crippen molar-refractivity contribution >= 4 is 28.1 Å². The highest BCUT2D eigenvalue weighted by atomic mass is 35.5. The van der Waals surface area contributed by atoms with Gasteiger partial charge in [-0.05, 0) is 24.1 Å². The molecule has 0 atom stereocenters. The molecule has 0 aliphatic carbocycles. The number of hydrogen-bond acceptors (Lipinski definition) is 3. The number of thiazole rings is 1. The highest BCUT2D eigenvalue weighted by molar-refractivity contribution is 7.18. The van der Waals surface area contributed by atoms with Crippen LogP contribution in [0.25, 0.3) is 10.4 Å². The second kappa shape index (κ2) is 5.32. The highest BCUT2D eigenvalue weighted by Crippen LogP contribution is 2.29. The lowest BCUT2D eigenvalue weighted by atomic mass is 10.2. The molecule has 0 radical (unpaired) electrons. The number of halogens is 1. The molecule has 1 aromatic heterocycles. The van der Waals surface area contributed by atoms with Gasteiger partial charge in [0.25, 0.3) is 0 Å². The summed E-state index contributed by atoms with van der Waals surface area (Å²) in [5.74, 6) is 0. The molecular formula is C12H13ClN2S. The fourth-order valence-electron chi connectivity index (χ4n) is 1.34. The second-order valence-corrected chi connectivity index (χ2v) is 4.93. The van der Waals surface area contributed by atoms with Gasteiger partial charge in [-0.1, -0.05) is 42.0 Å². The smallest absolute Gasteiger partial charge is 0.183 e. The van der Waals surface area contributed by atoms with Gasteiger partial charge in [-0.2, -0.15) is 0 Å². The first-order chi connectivity index (χ1) is 7.79. The normalized spacial score (nSPS) is 10.4. The summed E-state index contributed by atoms with van der Waals surface area (Å²) in [6.07, 6.45) is 3.00. The van der Waals surface area contributed by atoms with Crippen molar-refractivity contribution in [1.82, 2.24) is 4.98 Å². The Morgan fingerprint density at radius 1 is 1.31 bits per heavy atom. The standard InChI is InChI=1S/C12H13ClN2S/c1-2-7-14-12-15-8-11(16-12)9-3-5-10(13)6-4-9/h3-6,8H,2,7H2,1H3,(H,14,15). The van der Waals surface area contributed by atoms with E-state index in [0.717, 1.165) is 33.6 Å². The van der Waals surface area contributed by atoms with E-state index in [-0.39, 0.29) is 0 Å². The Morgan fingerprint density at radius 2 is 2.06 bits per heavy atom. The zero-order chi connectivity index (χ0) is 11.4. The third kappa shape index (κ3) is 2.74. The molecule has 0 amide bonds. The molecule has 0 fully saturated rings. The molecule has 16 heavy (non-hydrogen) atoms. The van der Waals surface area contributed by atoms with Gasteiger partial charge < -0.3 is 5.32 Å². The molecule has 2 rings (SSSR count). The van der Waals surface area contributed by atoms with E-state index in [2.05, 4.69) is 17.2 Å². The molecule has 1 heterocycles. The van der Waals surface area contributed by atoms with Crippen molar-refractivity contribution in [3.8, 4) is 10.4 Å². The molecular weight excluding hydrogens is 240 g/mol. The van der Waals surface area contributed by atoms with Crippen LogP contribution in [-0.2, 0) is 0 Å². The average molecular weight is 253 g/mol. The molecule has 1 aromatic carbocycles. The Bertz CT molecular complexity index is 450. The van der Waals surface area contributed by atoms with E-state index in [1.54, 1.807) is 11.3 Å². The third-order valence-corrected chi connectivity index (χ3v) is 3.42. The van der Waals surface area contributed by atoms with Crippen LogP contribution in [-0.4, -0.2) is 11.5 Å². The van der Waals surface area contributed by atoms with Gasteiger partial charge in [0, 0.05) is 17.8 Å². The van der Waals surface area contributed by atoms with Crippen molar-refractivity contribution in [3.63, 3.8) is 0 Å². The van der Waals surface area contributed by atoms with Crippen molar-refractivity contribution in [1.29, 1.82) is 0 Å². The van der Waals surface area contributed by atoms with Crippen LogP contribution in [0.5, 0.6) is 0 Å². The number of nitrogens with zero attached hydrogens (tertiary/aromatic N) is 1. The van der Waals surface area contributed by atoms with Crippen LogP contribution in [0.1, 0.15) is 13.3 Å². The Hall–Kier alpha value is -1.06. The van der Waals surface area contributed by atoms with Crippen LogP contribution in [0.15, 0.2) is 30.5 Å². The van der Waals surface area contributed by atoms with Gasteiger partial charge in [-0.25, -0.2) is 4.98 Å². The predicted molar refractivity (Wildman–Crippen MR) is 71.3 cm³/mol. The summed E-state index contributed by atoms with van der Waals surface area (Å²) in [6, 6.07) is 7.82. The van der Waals surface area contributed by atoms with Crippen LogP contribution in [0, 0.1) is 0 Å². The predicted octanol–water partition coefficient (Wildman–Crippen LogP) is 4.29.